The molecule has 0 bridgehead atoms. The Hall–Kier alpha value is -0.550. The summed E-state index contributed by atoms with van der Waals surface area (Å²) in [6.45, 7) is 7.56. The molecule has 1 heterocycles. The second-order valence-electron chi connectivity index (χ2n) is 9.05. The quantitative estimate of drug-likeness (QED) is 0.400. The van der Waals surface area contributed by atoms with Gasteiger partial charge in [-0.2, -0.15) is 0 Å². The van der Waals surface area contributed by atoms with Crippen LogP contribution in [0.4, 0.5) is 0 Å². The first kappa shape index (κ1) is 31.5. The number of carbonyl (C=O) groups excluding carboxylic acids is 1. The molecular weight excluding hydrogens is 517 g/mol. The molecule has 7 nitrogen and oxygen atoms in total. The fourth-order valence-corrected chi connectivity index (χ4v) is 5.93. The van der Waals surface area contributed by atoms with E-state index in [1.54, 1.807) is 11.2 Å². The van der Waals surface area contributed by atoms with E-state index in [0.29, 0.717) is 25.0 Å². The number of likely N-dealkylation sites (N-methyl/N-ethyl adjacent to an activating group) is 1. The van der Waals surface area contributed by atoms with Crippen LogP contribution in [-0.4, -0.2) is 85.2 Å². The van der Waals surface area contributed by atoms with Crippen LogP contribution in [0.1, 0.15) is 38.7 Å². The SMILES string of the molecule is CCN(CC1CCN(C(=O)C(CC[S+](C)[O-])NS(C)(=O)=O)CC1)C(C)Cc1cccc(Cl)c1.Cl. The van der Waals surface area contributed by atoms with Crippen LogP contribution >= 0.6 is 24.0 Å². The van der Waals surface area contributed by atoms with E-state index in [1.807, 2.05) is 18.2 Å². The zero-order chi connectivity index (χ0) is 24.6. The normalized spacial score (nSPS) is 17.8. The number of nitrogens with zero attached hydrogens (tertiary/aromatic N) is 2. The zero-order valence-corrected chi connectivity index (χ0v) is 23.7. The van der Waals surface area contributed by atoms with Crippen LogP contribution < -0.4 is 4.72 Å². The second kappa shape index (κ2) is 14.9. The van der Waals surface area contributed by atoms with Crippen molar-refractivity contribution < 1.29 is 17.8 Å². The molecule has 1 N–H and O–H groups in total. The lowest BCUT2D eigenvalue weighted by molar-refractivity contribution is -0.134. The smallest absolute Gasteiger partial charge is 0.240 e. The molecule has 0 saturated carbocycles. The monoisotopic (exact) mass is 555 g/mol. The molecular formula is C23H39Cl2N3O4S2. The molecule has 1 fully saturated rings. The molecule has 0 aliphatic carbocycles. The maximum absolute atomic E-state index is 13.0. The maximum Gasteiger partial charge on any atom is 0.240 e. The van der Waals surface area contributed by atoms with Gasteiger partial charge in [-0.1, -0.05) is 41.8 Å². The second-order valence-corrected chi connectivity index (χ2v) is 12.8. The van der Waals surface area contributed by atoms with Crippen molar-refractivity contribution in [3.8, 4) is 0 Å². The molecule has 0 aromatic heterocycles. The number of hydrogen-bond donors (Lipinski definition) is 1. The summed E-state index contributed by atoms with van der Waals surface area (Å²) in [6, 6.07) is 7.52. The highest BCUT2D eigenvalue weighted by atomic mass is 35.5. The van der Waals surface area contributed by atoms with Crippen LogP contribution in [-0.2, 0) is 32.4 Å². The van der Waals surface area contributed by atoms with E-state index in [0.717, 1.165) is 43.6 Å². The van der Waals surface area contributed by atoms with Gasteiger partial charge in [0.15, 0.2) is 0 Å². The van der Waals surface area contributed by atoms with Crippen LogP contribution in [0.5, 0.6) is 0 Å². The molecule has 3 unspecified atom stereocenters. The minimum Gasteiger partial charge on any atom is -0.617 e. The lowest BCUT2D eigenvalue weighted by Crippen LogP contribution is -2.51. The molecule has 0 radical (unpaired) electrons. The average Bonchev–Trinajstić information content (AvgIpc) is 2.74. The van der Waals surface area contributed by atoms with Crippen LogP contribution in [0.25, 0.3) is 0 Å². The van der Waals surface area contributed by atoms with E-state index in [2.05, 4.69) is 29.5 Å². The lowest BCUT2D eigenvalue weighted by atomic mass is 9.94. The van der Waals surface area contributed by atoms with Crippen LogP contribution in [0.15, 0.2) is 24.3 Å². The third kappa shape index (κ3) is 11.0. The Balaban J connectivity index is 0.00000578. The van der Waals surface area contributed by atoms with Gasteiger partial charge < -0.3 is 14.4 Å². The van der Waals surface area contributed by atoms with Crippen LogP contribution in [0, 0.1) is 5.92 Å². The van der Waals surface area contributed by atoms with Gasteiger partial charge >= 0.3 is 0 Å². The number of sulfonamides is 1. The highest BCUT2D eigenvalue weighted by Crippen LogP contribution is 2.22. The zero-order valence-electron chi connectivity index (χ0n) is 20.5. The van der Waals surface area contributed by atoms with Crippen LogP contribution in [0.2, 0.25) is 5.02 Å². The van der Waals surface area contributed by atoms with Crippen molar-refractivity contribution in [3.05, 3.63) is 34.9 Å². The summed E-state index contributed by atoms with van der Waals surface area (Å²) in [5.41, 5.74) is 1.23. The number of halogens is 2. The highest BCUT2D eigenvalue weighted by Gasteiger charge is 2.31. The predicted molar refractivity (Wildman–Crippen MR) is 144 cm³/mol. The molecule has 1 aliphatic rings. The number of likely N-dealkylation sites (tertiary alicyclic amines) is 1. The van der Waals surface area contributed by atoms with E-state index in [9.17, 15) is 17.8 Å². The van der Waals surface area contributed by atoms with E-state index < -0.39 is 27.2 Å². The van der Waals surface area contributed by atoms with E-state index >= 15 is 0 Å². The third-order valence-electron chi connectivity index (χ3n) is 6.22. The number of hydrogen-bond acceptors (Lipinski definition) is 5. The van der Waals surface area contributed by atoms with Crippen molar-refractivity contribution in [2.45, 2.75) is 51.6 Å². The average molecular weight is 557 g/mol. The molecule has 196 valence electrons. The van der Waals surface area contributed by atoms with Crippen molar-refractivity contribution in [3.63, 3.8) is 0 Å². The van der Waals surface area contributed by atoms with Crippen molar-refractivity contribution in [2.75, 3.05) is 44.4 Å². The van der Waals surface area contributed by atoms with Crippen molar-refractivity contribution in [2.24, 2.45) is 5.92 Å². The molecule has 0 spiro atoms. The Bertz CT molecular complexity index is 866. The van der Waals surface area contributed by atoms with Gasteiger partial charge in [0, 0.05) is 37.1 Å². The Morgan fingerprint density at radius 1 is 1.35 bits per heavy atom. The van der Waals surface area contributed by atoms with Gasteiger partial charge in [0.2, 0.25) is 15.9 Å². The summed E-state index contributed by atoms with van der Waals surface area (Å²) in [5.74, 6) is 0.553. The van der Waals surface area contributed by atoms with Gasteiger partial charge in [-0.05, 0) is 56.3 Å². The molecule has 2 rings (SSSR count). The van der Waals surface area contributed by atoms with Crippen molar-refractivity contribution in [1.29, 1.82) is 0 Å². The van der Waals surface area contributed by atoms with Crippen molar-refractivity contribution >= 4 is 51.1 Å². The molecule has 1 amide bonds. The minimum atomic E-state index is -3.53. The summed E-state index contributed by atoms with van der Waals surface area (Å²) < 4.78 is 37.3. The van der Waals surface area contributed by atoms with Crippen LogP contribution in [0.3, 0.4) is 0 Å². The maximum atomic E-state index is 13.0. The Labute approximate surface area is 219 Å². The molecule has 1 aromatic rings. The fourth-order valence-electron chi connectivity index (χ4n) is 4.42. The van der Waals surface area contributed by atoms with Crippen molar-refractivity contribution in [1.82, 2.24) is 14.5 Å². The largest absolute Gasteiger partial charge is 0.617 e. The van der Waals surface area contributed by atoms with Gasteiger partial charge in [0.25, 0.3) is 0 Å². The number of rotatable bonds is 12. The molecule has 1 saturated heterocycles. The summed E-state index contributed by atoms with van der Waals surface area (Å²) >= 11 is 5.04. The summed E-state index contributed by atoms with van der Waals surface area (Å²) in [6.07, 6.45) is 5.55. The van der Waals surface area contributed by atoms with Gasteiger partial charge in [0.1, 0.15) is 11.8 Å². The molecule has 3 atom stereocenters. The summed E-state index contributed by atoms with van der Waals surface area (Å²) in [5, 5.41) is 0.758. The number of carbonyl (C=O) groups is 1. The first-order chi connectivity index (χ1) is 15.5. The van der Waals surface area contributed by atoms with E-state index in [4.69, 9.17) is 11.6 Å². The lowest BCUT2D eigenvalue weighted by Gasteiger charge is -2.37. The third-order valence-corrected chi connectivity index (χ3v) is 7.98. The van der Waals surface area contributed by atoms with E-state index in [1.165, 1.54) is 5.56 Å². The molecule has 1 aliphatic heterocycles. The number of benzene rings is 1. The first-order valence-corrected chi connectivity index (χ1v) is 15.5. The molecule has 34 heavy (non-hydrogen) atoms. The number of nitrogens with one attached hydrogen (secondary N) is 1. The standard InChI is InChI=1S/C23H38ClN3O4S2.ClH/c1-5-26(18(2)15-20-7-6-8-21(24)16-20)17-19-9-12-27(13-10-19)23(28)22(11-14-32(3)29)25-33(4,30)31;/h6-8,16,18-19,22,25H,5,9-15,17H2,1-4H3;1H. The summed E-state index contributed by atoms with van der Waals surface area (Å²) in [4.78, 5) is 17.2. The van der Waals surface area contributed by atoms with Gasteiger partial charge in [-0.3, -0.25) is 4.79 Å². The highest BCUT2D eigenvalue weighted by molar-refractivity contribution is 7.90. The number of piperidine rings is 1. The van der Waals surface area contributed by atoms with Gasteiger partial charge in [-0.15, -0.1) is 12.4 Å². The Kier molecular flexibility index (Phi) is 13.8. The van der Waals surface area contributed by atoms with E-state index in [-0.39, 0.29) is 30.5 Å². The Morgan fingerprint density at radius 2 is 2.00 bits per heavy atom. The fraction of sp³-hybridized carbons (Fsp3) is 0.696. The first-order valence-electron chi connectivity index (χ1n) is 11.5. The topological polar surface area (TPSA) is 92.8 Å². The molecule has 1 aromatic carbocycles. The molecule has 11 heteroatoms. The number of amides is 1. The Morgan fingerprint density at radius 3 is 2.53 bits per heavy atom. The predicted octanol–water partition coefficient (Wildman–Crippen LogP) is 2.94. The van der Waals surface area contributed by atoms with Gasteiger partial charge in [-0.25, -0.2) is 13.1 Å². The van der Waals surface area contributed by atoms with Gasteiger partial charge in [0.05, 0.1) is 12.5 Å². The summed E-state index contributed by atoms with van der Waals surface area (Å²) in [7, 11) is -3.53. The minimum absolute atomic E-state index is 0.